The van der Waals surface area contributed by atoms with Crippen molar-refractivity contribution >= 4 is 17.5 Å². The largest absolute Gasteiger partial charge is 0.496 e. The van der Waals surface area contributed by atoms with E-state index in [4.69, 9.17) is 16.3 Å². The molecule has 0 aliphatic rings. The molecule has 1 aromatic heterocycles. The van der Waals surface area contributed by atoms with Crippen molar-refractivity contribution in [1.82, 2.24) is 20.3 Å². The molecule has 27 heavy (non-hydrogen) atoms. The zero-order chi connectivity index (χ0) is 19.4. The van der Waals surface area contributed by atoms with Gasteiger partial charge in [0.15, 0.2) is 0 Å². The molecule has 3 rings (SSSR count). The van der Waals surface area contributed by atoms with Gasteiger partial charge in [0, 0.05) is 22.7 Å². The maximum atomic E-state index is 13.8. The summed E-state index contributed by atoms with van der Waals surface area (Å²) in [4.78, 5) is 12.1. The number of methoxy groups -OCH3 is 1. The van der Waals surface area contributed by atoms with Crippen LogP contribution >= 0.6 is 11.6 Å². The van der Waals surface area contributed by atoms with Crippen molar-refractivity contribution in [3.8, 4) is 17.0 Å². The highest BCUT2D eigenvalue weighted by Gasteiger charge is 2.13. The number of aromatic nitrogens is 3. The van der Waals surface area contributed by atoms with Crippen molar-refractivity contribution in [1.29, 1.82) is 0 Å². The second-order valence-electron chi connectivity index (χ2n) is 5.66. The van der Waals surface area contributed by atoms with E-state index in [0.29, 0.717) is 10.8 Å². The molecule has 0 aliphatic heterocycles. The third-order valence-corrected chi connectivity index (χ3v) is 4.00. The third-order valence-electron chi connectivity index (χ3n) is 3.77. The molecule has 1 N–H and O–H groups in total. The quantitative estimate of drug-likeness (QED) is 0.699. The van der Waals surface area contributed by atoms with Crippen LogP contribution in [0.2, 0.25) is 5.02 Å². The van der Waals surface area contributed by atoms with Gasteiger partial charge >= 0.3 is 0 Å². The summed E-state index contributed by atoms with van der Waals surface area (Å²) in [7, 11) is 1.52. The molecule has 1 amide bonds. The van der Waals surface area contributed by atoms with Gasteiger partial charge in [-0.2, -0.15) is 0 Å². The molecule has 1 heterocycles. The molecule has 0 spiro atoms. The summed E-state index contributed by atoms with van der Waals surface area (Å²) < 4.78 is 33.6. The molecule has 0 aliphatic carbocycles. The average Bonchev–Trinajstić information content (AvgIpc) is 3.10. The van der Waals surface area contributed by atoms with Crippen molar-refractivity contribution in [3.63, 3.8) is 0 Å². The number of carbonyl (C=O) groups excluding carboxylic acids is 1. The Hall–Kier alpha value is -3.00. The van der Waals surface area contributed by atoms with Crippen LogP contribution in [0.3, 0.4) is 0 Å². The standard InChI is InChI=1S/C18H15ClF2N4O2/c1-27-17-5-2-12(19)6-11(17)8-22-18(26)10-25-9-16(23-24-25)14-7-13(20)3-4-15(14)21/h2-7,9H,8,10H2,1H3,(H,22,26). The lowest BCUT2D eigenvalue weighted by molar-refractivity contribution is -0.122. The van der Waals surface area contributed by atoms with E-state index in [1.54, 1.807) is 18.2 Å². The first kappa shape index (κ1) is 18.8. The Morgan fingerprint density at radius 1 is 1.26 bits per heavy atom. The molecule has 9 heteroatoms. The number of nitrogens with one attached hydrogen (secondary N) is 1. The third kappa shape index (κ3) is 4.59. The minimum atomic E-state index is -0.624. The summed E-state index contributed by atoms with van der Waals surface area (Å²) in [6.07, 6.45) is 1.37. The lowest BCUT2D eigenvalue weighted by Crippen LogP contribution is -2.27. The van der Waals surface area contributed by atoms with Crippen molar-refractivity contribution in [3.05, 3.63) is 64.8 Å². The van der Waals surface area contributed by atoms with Crippen LogP contribution in [0.5, 0.6) is 5.75 Å². The molecule has 0 radical (unpaired) electrons. The number of carbonyl (C=O) groups is 1. The molecule has 2 aromatic carbocycles. The van der Waals surface area contributed by atoms with Crippen LogP contribution in [-0.4, -0.2) is 28.0 Å². The summed E-state index contributed by atoms with van der Waals surface area (Å²) in [6.45, 7) is 0.0788. The molecule has 0 saturated heterocycles. The van der Waals surface area contributed by atoms with Gasteiger partial charge in [-0.15, -0.1) is 5.10 Å². The number of nitrogens with zero attached hydrogens (tertiary/aromatic N) is 3. The van der Waals surface area contributed by atoms with E-state index in [9.17, 15) is 13.6 Å². The number of hydrogen-bond acceptors (Lipinski definition) is 4. The minimum absolute atomic E-state index is 0.0229. The molecular weight excluding hydrogens is 378 g/mol. The van der Waals surface area contributed by atoms with E-state index < -0.39 is 11.6 Å². The fraction of sp³-hybridized carbons (Fsp3) is 0.167. The van der Waals surface area contributed by atoms with E-state index in [1.807, 2.05) is 0 Å². The highest BCUT2D eigenvalue weighted by molar-refractivity contribution is 6.30. The molecule has 3 aromatic rings. The van der Waals surface area contributed by atoms with Gasteiger partial charge in [-0.1, -0.05) is 16.8 Å². The van der Waals surface area contributed by atoms with Crippen LogP contribution in [0, 0.1) is 11.6 Å². The van der Waals surface area contributed by atoms with Crippen LogP contribution in [0.4, 0.5) is 8.78 Å². The summed E-state index contributed by atoms with van der Waals surface area (Å²) in [5.41, 5.74) is 0.834. The number of halogens is 3. The first-order valence-electron chi connectivity index (χ1n) is 7.91. The molecule has 6 nitrogen and oxygen atoms in total. The van der Waals surface area contributed by atoms with Gasteiger partial charge in [-0.3, -0.25) is 4.79 Å². The van der Waals surface area contributed by atoms with Gasteiger partial charge < -0.3 is 10.1 Å². The van der Waals surface area contributed by atoms with Gasteiger partial charge in [0.2, 0.25) is 5.91 Å². The second-order valence-corrected chi connectivity index (χ2v) is 6.09. The summed E-state index contributed by atoms with van der Waals surface area (Å²) in [5.74, 6) is -0.951. The molecule has 0 fully saturated rings. The SMILES string of the molecule is COc1ccc(Cl)cc1CNC(=O)Cn1cc(-c2cc(F)ccc2F)nn1. The van der Waals surface area contributed by atoms with Crippen molar-refractivity contribution in [2.45, 2.75) is 13.1 Å². The van der Waals surface area contributed by atoms with Crippen LogP contribution in [-0.2, 0) is 17.9 Å². The zero-order valence-corrected chi connectivity index (χ0v) is 15.0. The normalized spacial score (nSPS) is 10.7. The molecule has 0 saturated carbocycles. The Labute approximate surface area is 158 Å². The average molecular weight is 393 g/mol. The highest BCUT2D eigenvalue weighted by atomic mass is 35.5. The van der Waals surface area contributed by atoms with Crippen LogP contribution in [0.25, 0.3) is 11.3 Å². The Kier molecular flexibility index (Phi) is 5.66. The van der Waals surface area contributed by atoms with Gasteiger partial charge in [0.1, 0.15) is 29.6 Å². The highest BCUT2D eigenvalue weighted by Crippen LogP contribution is 2.23. The van der Waals surface area contributed by atoms with Gasteiger partial charge in [0.05, 0.1) is 13.3 Å². The molecule has 140 valence electrons. The number of amides is 1. The van der Waals surface area contributed by atoms with Crippen molar-refractivity contribution < 1.29 is 18.3 Å². The maximum Gasteiger partial charge on any atom is 0.242 e. The van der Waals surface area contributed by atoms with Gasteiger partial charge in [0.25, 0.3) is 0 Å². The number of benzene rings is 2. The molecular formula is C18H15ClF2N4O2. The first-order chi connectivity index (χ1) is 13.0. The predicted octanol–water partition coefficient (Wildman–Crippen LogP) is 3.20. The van der Waals surface area contributed by atoms with E-state index in [-0.39, 0.29) is 30.3 Å². The fourth-order valence-corrected chi connectivity index (χ4v) is 2.67. The predicted molar refractivity (Wildman–Crippen MR) is 95.2 cm³/mol. The molecule has 0 unspecified atom stereocenters. The monoisotopic (exact) mass is 392 g/mol. The Morgan fingerprint density at radius 2 is 2.07 bits per heavy atom. The fourth-order valence-electron chi connectivity index (χ4n) is 2.48. The second kappa shape index (κ2) is 8.13. The van der Waals surface area contributed by atoms with Crippen molar-refractivity contribution in [2.75, 3.05) is 7.11 Å². The van der Waals surface area contributed by atoms with E-state index in [1.165, 1.54) is 18.0 Å². The smallest absolute Gasteiger partial charge is 0.242 e. The van der Waals surface area contributed by atoms with Crippen LogP contribution in [0.15, 0.2) is 42.6 Å². The number of hydrogen-bond donors (Lipinski definition) is 1. The lowest BCUT2D eigenvalue weighted by Gasteiger charge is -2.10. The molecule has 0 bridgehead atoms. The number of rotatable bonds is 6. The van der Waals surface area contributed by atoms with Crippen LogP contribution < -0.4 is 10.1 Å². The van der Waals surface area contributed by atoms with E-state index in [2.05, 4.69) is 15.6 Å². The first-order valence-corrected chi connectivity index (χ1v) is 8.28. The lowest BCUT2D eigenvalue weighted by atomic mass is 10.1. The Bertz CT molecular complexity index is 978. The van der Waals surface area contributed by atoms with E-state index in [0.717, 1.165) is 23.8 Å². The van der Waals surface area contributed by atoms with E-state index >= 15 is 0 Å². The van der Waals surface area contributed by atoms with Gasteiger partial charge in [-0.25, -0.2) is 13.5 Å². The maximum absolute atomic E-state index is 13.8. The summed E-state index contributed by atoms with van der Waals surface area (Å²) in [6, 6.07) is 8.14. The minimum Gasteiger partial charge on any atom is -0.496 e. The molecule has 0 atom stereocenters. The summed E-state index contributed by atoms with van der Waals surface area (Å²) in [5, 5.41) is 10.8. The number of ether oxygens (including phenoxy) is 1. The zero-order valence-electron chi connectivity index (χ0n) is 14.2. The topological polar surface area (TPSA) is 69.0 Å². The Morgan fingerprint density at radius 3 is 2.85 bits per heavy atom. The van der Waals surface area contributed by atoms with Gasteiger partial charge in [-0.05, 0) is 36.4 Å². The Balaban J connectivity index is 1.65. The summed E-state index contributed by atoms with van der Waals surface area (Å²) >= 11 is 5.96. The van der Waals surface area contributed by atoms with Crippen LogP contribution in [0.1, 0.15) is 5.56 Å². The van der Waals surface area contributed by atoms with Crippen molar-refractivity contribution in [2.24, 2.45) is 0 Å².